The zero-order chi connectivity index (χ0) is 13.5. The summed E-state index contributed by atoms with van der Waals surface area (Å²) in [6.07, 6.45) is 6.30. The predicted molar refractivity (Wildman–Crippen MR) is 69.5 cm³/mol. The van der Waals surface area contributed by atoms with E-state index in [4.69, 9.17) is 14.2 Å². The average molecular weight is 268 g/mol. The van der Waals surface area contributed by atoms with Gasteiger partial charge >= 0.3 is 5.97 Å². The van der Waals surface area contributed by atoms with Gasteiger partial charge < -0.3 is 14.2 Å². The molecule has 1 heterocycles. The first-order chi connectivity index (χ1) is 9.04. The van der Waals surface area contributed by atoms with Crippen LogP contribution in [-0.4, -0.2) is 31.1 Å². The van der Waals surface area contributed by atoms with E-state index in [2.05, 4.69) is 6.92 Å². The van der Waals surface area contributed by atoms with E-state index in [1.54, 1.807) is 0 Å². The van der Waals surface area contributed by atoms with Crippen molar-refractivity contribution >= 4 is 5.97 Å². The summed E-state index contributed by atoms with van der Waals surface area (Å²) >= 11 is 0. The Morgan fingerprint density at radius 3 is 2.53 bits per heavy atom. The molecule has 4 nitrogen and oxygen atoms in total. The van der Waals surface area contributed by atoms with Crippen LogP contribution in [0.5, 0.6) is 0 Å². The van der Waals surface area contributed by atoms with Crippen molar-refractivity contribution in [3.8, 4) is 0 Å². The fourth-order valence-electron chi connectivity index (χ4n) is 4.27. The molecule has 2 saturated carbocycles. The molecule has 19 heavy (non-hydrogen) atoms. The summed E-state index contributed by atoms with van der Waals surface area (Å²) in [4.78, 5) is 11.3. The Morgan fingerprint density at radius 2 is 1.84 bits per heavy atom. The molecule has 1 aliphatic heterocycles. The van der Waals surface area contributed by atoms with Crippen molar-refractivity contribution in [3.05, 3.63) is 0 Å². The van der Waals surface area contributed by atoms with E-state index in [1.165, 1.54) is 6.92 Å². The van der Waals surface area contributed by atoms with E-state index in [0.717, 1.165) is 51.7 Å². The van der Waals surface area contributed by atoms with Gasteiger partial charge in [0.25, 0.3) is 0 Å². The topological polar surface area (TPSA) is 44.8 Å². The number of carbonyl (C=O) groups excluding carboxylic acids is 1. The summed E-state index contributed by atoms with van der Waals surface area (Å²) in [6, 6.07) is 0. The van der Waals surface area contributed by atoms with Gasteiger partial charge in [-0.1, -0.05) is 6.92 Å². The van der Waals surface area contributed by atoms with Gasteiger partial charge in [-0.05, 0) is 31.6 Å². The van der Waals surface area contributed by atoms with E-state index in [9.17, 15) is 4.79 Å². The summed E-state index contributed by atoms with van der Waals surface area (Å²) in [5, 5.41) is 0. The van der Waals surface area contributed by atoms with Gasteiger partial charge in [-0.15, -0.1) is 0 Å². The Bertz CT molecular complexity index is 361. The molecule has 3 fully saturated rings. The molecule has 0 aromatic rings. The molecule has 3 aliphatic rings. The maximum atomic E-state index is 11.3. The minimum atomic E-state index is -0.339. The minimum absolute atomic E-state index is 0.0755. The number of fused-ring (bicyclic) bond motifs is 1. The van der Waals surface area contributed by atoms with Crippen LogP contribution in [-0.2, 0) is 19.0 Å². The Morgan fingerprint density at radius 1 is 1.11 bits per heavy atom. The molecule has 2 aliphatic carbocycles. The smallest absolute Gasteiger partial charge is 0.302 e. The summed E-state index contributed by atoms with van der Waals surface area (Å²) in [7, 11) is 0. The van der Waals surface area contributed by atoms with Gasteiger partial charge in [-0.25, -0.2) is 0 Å². The van der Waals surface area contributed by atoms with Crippen LogP contribution in [0.2, 0.25) is 0 Å². The quantitative estimate of drug-likeness (QED) is 0.686. The second-order valence-electron chi connectivity index (χ2n) is 6.52. The van der Waals surface area contributed by atoms with Gasteiger partial charge in [0.2, 0.25) is 0 Å². The van der Waals surface area contributed by atoms with Crippen LogP contribution in [0.3, 0.4) is 0 Å². The van der Waals surface area contributed by atoms with E-state index in [0.29, 0.717) is 5.92 Å². The summed E-state index contributed by atoms with van der Waals surface area (Å²) in [5.41, 5.74) is 0.102. The monoisotopic (exact) mass is 268 g/mol. The number of rotatable bonds is 1. The van der Waals surface area contributed by atoms with Crippen molar-refractivity contribution in [1.82, 2.24) is 0 Å². The van der Waals surface area contributed by atoms with Crippen LogP contribution in [0.1, 0.15) is 52.4 Å². The van der Waals surface area contributed by atoms with E-state index in [1.807, 2.05) is 0 Å². The number of ether oxygens (including phenoxy) is 3. The highest BCUT2D eigenvalue weighted by Crippen LogP contribution is 2.54. The van der Waals surface area contributed by atoms with E-state index in [-0.39, 0.29) is 23.3 Å². The van der Waals surface area contributed by atoms with Crippen LogP contribution in [0, 0.1) is 11.3 Å². The first-order valence-corrected chi connectivity index (χ1v) is 7.49. The van der Waals surface area contributed by atoms with E-state index < -0.39 is 0 Å². The Balaban J connectivity index is 1.75. The van der Waals surface area contributed by atoms with Crippen molar-refractivity contribution < 1.29 is 19.0 Å². The molecule has 0 aromatic carbocycles. The molecular weight excluding hydrogens is 244 g/mol. The van der Waals surface area contributed by atoms with Crippen LogP contribution in [0.15, 0.2) is 0 Å². The average Bonchev–Trinajstić information content (AvgIpc) is 2.89. The third-order valence-corrected chi connectivity index (χ3v) is 5.49. The molecular formula is C15H24O4. The van der Waals surface area contributed by atoms with Crippen LogP contribution >= 0.6 is 0 Å². The highest BCUT2D eigenvalue weighted by molar-refractivity contribution is 5.66. The first-order valence-electron chi connectivity index (χ1n) is 7.49. The molecule has 1 saturated heterocycles. The number of hydrogen-bond acceptors (Lipinski definition) is 4. The van der Waals surface area contributed by atoms with Crippen molar-refractivity contribution in [2.24, 2.45) is 11.3 Å². The van der Waals surface area contributed by atoms with Gasteiger partial charge in [0.1, 0.15) is 6.10 Å². The standard InChI is InChI=1S/C15H24O4/c1-11(16)19-13-4-3-12-5-6-15(17-9-10-18-15)8-7-14(12,13)2/h12-13H,3-10H2,1-2H3/t12-,13+,14+/m1/s1. The minimum Gasteiger partial charge on any atom is -0.462 e. The lowest BCUT2D eigenvalue weighted by Gasteiger charge is -2.35. The number of esters is 1. The predicted octanol–water partition coefficient (Wildman–Crippen LogP) is 2.65. The largest absolute Gasteiger partial charge is 0.462 e. The number of carbonyl (C=O) groups is 1. The van der Waals surface area contributed by atoms with Gasteiger partial charge in [0.05, 0.1) is 13.2 Å². The number of hydrogen-bond donors (Lipinski definition) is 0. The molecule has 0 N–H and O–H groups in total. The fraction of sp³-hybridized carbons (Fsp3) is 0.933. The second kappa shape index (κ2) is 4.74. The zero-order valence-corrected chi connectivity index (χ0v) is 11.9. The molecule has 0 radical (unpaired) electrons. The van der Waals surface area contributed by atoms with Gasteiger partial charge in [-0.3, -0.25) is 4.79 Å². The summed E-state index contributed by atoms with van der Waals surface area (Å²) in [6.45, 7) is 5.23. The van der Waals surface area contributed by atoms with Gasteiger partial charge in [0, 0.05) is 25.2 Å². The van der Waals surface area contributed by atoms with Gasteiger partial charge in [0.15, 0.2) is 5.79 Å². The third kappa shape index (κ3) is 2.29. The highest BCUT2D eigenvalue weighted by Gasteiger charge is 2.53. The van der Waals surface area contributed by atoms with Gasteiger partial charge in [-0.2, -0.15) is 0 Å². The van der Waals surface area contributed by atoms with E-state index >= 15 is 0 Å². The lowest BCUT2D eigenvalue weighted by atomic mass is 9.74. The SMILES string of the molecule is CC(=O)O[C@H]1CC[C@@H]2CCC3(CC[C@@]21C)OCCO3. The maximum Gasteiger partial charge on any atom is 0.302 e. The molecule has 3 rings (SSSR count). The second-order valence-corrected chi connectivity index (χ2v) is 6.52. The summed E-state index contributed by atoms with van der Waals surface area (Å²) < 4.78 is 17.3. The molecule has 0 unspecified atom stereocenters. The molecule has 0 amide bonds. The Kier molecular flexibility index (Phi) is 3.34. The normalized spacial score (nSPS) is 40.9. The zero-order valence-electron chi connectivity index (χ0n) is 11.9. The molecule has 108 valence electrons. The van der Waals surface area contributed by atoms with Crippen molar-refractivity contribution in [3.63, 3.8) is 0 Å². The van der Waals surface area contributed by atoms with Crippen LogP contribution < -0.4 is 0 Å². The molecule has 0 aromatic heterocycles. The third-order valence-electron chi connectivity index (χ3n) is 5.49. The molecule has 1 spiro atoms. The van der Waals surface area contributed by atoms with Crippen LogP contribution in [0.25, 0.3) is 0 Å². The highest BCUT2D eigenvalue weighted by atomic mass is 16.7. The Hall–Kier alpha value is -0.610. The maximum absolute atomic E-state index is 11.3. The molecule has 3 atom stereocenters. The molecule has 0 bridgehead atoms. The fourth-order valence-corrected chi connectivity index (χ4v) is 4.27. The summed E-state index contributed by atoms with van der Waals surface area (Å²) in [5.74, 6) is 0.136. The van der Waals surface area contributed by atoms with Crippen molar-refractivity contribution in [2.45, 2.75) is 64.3 Å². The first kappa shape index (κ1) is 13.4. The lowest BCUT2D eigenvalue weighted by molar-refractivity contribution is -0.168. The molecule has 4 heteroatoms. The van der Waals surface area contributed by atoms with Crippen LogP contribution in [0.4, 0.5) is 0 Å². The lowest BCUT2D eigenvalue weighted by Crippen LogP contribution is -2.35. The Labute approximate surface area is 114 Å². The van der Waals surface area contributed by atoms with Crippen molar-refractivity contribution in [1.29, 1.82) is 0 Å². The van der Waals surface area contributed by atoms with Crippen molar-refractivity contribution in [2.75, 3.05) is 13.2 Å².